The molecule has 3 aromatic rings. The van der Waals surface area contributed by atoms with Crippen molar-refractivity contribution in [3.05, 3.63) is 62.8 Å². The van der Waals surface area contributed by atoms with Crippen LogP contribution in [-0.4, -0.2) is 41.6 Å². The van der Waals surface area contributed by atoms with E-state index in [-0.39, 0.29) is 41.5 Å². The second kappa shape index (κ2) is 7.18. The normalized spacial score (nSPS) is 22.9. The lowest BCUT2D eigenvalue weighted by molar-refractivity contribution is -0.136. The molecule has 2 bridgehead atoms. The summed E-state index contributed by atoms with van der Waals surface area (Å²) in [4.78, 5) is 44.2. The Hall–Kier alpha value is -3.23. The van der Waals surface area contributed by atoms with Crippen LogP contribution in [0.4, 0.5) is 4.39 Å². The van der Waals surface area contributed by atoms with E-state index in [9.17, 15) is 18.8 Å². The number of piperidine rings is 1. The Morgan fingerprint density at radius 2 is 1.71 bits per heavy atom. The Kier molecular flexibility index (Phi) is 4.56. The maximum absolute atomic E-state index is 13.3. The molecule has 8 nitrogen and oxygen atoms in total. The molecule has 31 heavy (non-hydrogen) atoms. The van der Waals surface area contributed by atoms with Gasteiger partial charge in [-0.05, 0) is 49.3 Å². The molecule has 0 aliphatic carbocycles. The molecule has 0 N–H and O–H groups in total. The molecule has 162 valence electrons. The second-order valence-corrected chi connectivity index (χ2v) is 8.66. The van der Waals surface area contributed by atoms with Gasteiger partial charge in [0.05, 0.1) is 6.33 Å². The largest absolute Gasteiger partial charge is 0.335 e. The number of rotatable bonds is 3. The van der Waals surface area contributed by atoms with E-state index in [4.69, 9.17) is 0 Å². The van der Waals surface area contributed by atoms with Crippen molar-refractivity contribution in [1.29, 1.82) is 0 Å². The standard InChI is InChI=1S/C22H24FN5O3/c1-25-20-19(21(30)26(2)22(25)31)27(12-24-20)11-18(29)28-16-7-8-17(28)10-14(9-16)13-3-5-15(23)6-4-13/h3-6,12,14,16-17H,7-11H2,1-2H3/t16-,17-/m0/s1. The monoisotopic (exact) mass is 425 g/mol. The molecule has 0 spiro atoms. The van der Waals surface area contributed by atoms with E-state index in [0.717, 1.165) is 35.8 Å². The SMILES string of the molecule is Cn1c(=O)c2c(ncn2CC(=O)N2[C@H]3CC[C@H]2CC(c2ccc(F)cc2)C3)n(C)c1=O. The summed E-state index contributed by atoms with van der Waals surface area (Å²) in [6.45, 7) is 0.0121. The summed E-state index contributed by atoms with van der Waals surface area (Å²) < 4.78 is 17.2. The molecular weight excluding hydrogens is 401 g/mol. The molecule has 1 aromatic carbocycles. The number of aromatic nitrogens is 4. The van der Waals surface area contributed by atoms with Crippen molar-refractivity contribution in [2.45, 2.75) is 50.2 Å². The van der Waals surface area contributed by atoms with E-state index < -0.39 is 11.2 Å². The number of halogens is 1. The highest BCUT2D eigenvalue weighted by Crippen LogP contribution is 2.43. The molecule has 2 saturated heterocycles. The van der Waals surface area contributed by atoms with Crippen LogP contribution < -0.4 is 11.2 Å². The Morgan fingerprint density at radius 3 is 2.35 bits per heavy atom. The van der Waals surface area contributed by atoms with Crippen molar-refractivity contribution in [1.82, 2.24) is 23.6 Å². The van der Waals surface area contributed by atoms with Gasteiger partial charge in [-0.15, -0.1) is 0 Å². The number of nitrogens with zero attached hydrogens (tertiary/aromatic N) is 5. The number of amides is 1. The van der Waals surface area contributed by atoms with Crippen LogP contribution in [0.5, 0.6) is 0 Å². The van der Waals surface area contributed by atoms with E-state index in [2.05, 4.69) is 4.98 Å². The Morgan fingerprint density at radius 1 is 1.06 bits per heavy atom. The minimum atomic E-state index is -0.457. The fraction of sp³-hybridized carbons (Fsp3) is 0.455. The van der Waals surface area contributed by atoms with Crippen LogP contribution in [0.15, 0.2) is 40.2 Å². The molecular formula is C22H24FN5O3. The lowest BCUT2D eigenvalue weighted by atomic mass is 9.85. The van der Waals surface area contributed by atoms with Gasteiger partial charge >= 0.3 is 5.69 Å². The zero-order valence-electron chi connectivity index (χ0n) is 17.5. The molecule has 5 rings (SSSR count). The van der Waals surface area contributed by atoms with Crippen LogP contribution in [0.1, 0.15) is 37.2 Å². The fourth-order valence-corrected chi connectivity index (χ4v) is 5.34. The van der Waals surface area contributed by atoms with Crippen LogP contribution in [0.2, 0.25) is 0 Å². The number of aryl methyl sites for hydroxylation is 1. The van der Waals surface area contributed by atoms with Crippen LogP contribution in [0.25, 0.3) is 11.2 Å². The van der Waals surface area contributed by atoms with Gasteiger partial charge < -0.3 is 9.47 Å². The summed E-state index contributed by atoms with van der Waals surface area (Å²) in [6.07, 6.45) is 5.07. The molecule has 0 unspecified atom stereocenters. The molecule has 9 heteroatoms. The molecule has 2 fully saturated rings. The van der Waals surface area contributed by atoms with Gasteiger partial charge in [-0.1, -0.05) is 12.1 Å². The third-order valence-electron chi connectivity index (χ3n) is 6.89. The van der Waals surface area contributed by atoms with Crippen LogP contribution >= 0.6 is 0 Å². The van der Waals surface area contributed by atoms with Gasteiger partial charge in [-0.3, -0.25) is 18.7 Å². The molecule has 1 amide bonds. The summed E-state index contributed by atoms with van der Waals surface area (Å²) in [5.41, 5.74) is 0.747. The first kappa shape index (κ1) is 19.7. The van der Waals surface area contributed by atoms with E-state index in [0.29, 0.717) is 5.92 Å². The first-order valence-corrected chi connectivity index (χ1v) is 10.5. The minimum Gasteiger partial charge on any atom is -0.335 e. The number of imidazole rings is 1. The number of carbonyl (C=O) groups is 1. The van der Waals surface area contributed by atoms with Crippen molar-refractivity contribution in [3.63, 3.8) is 0 Å². The summed E-state index contributed by atoms with van der Waals surface area (Å²) in [7, 11) is 2.98. The number of benzene rings is 1. The lowest BCUT2D eigenvalue weighted by Crippen LogP contribution is -2.47. The third kappa shape index (κ3) is 3.10. The number of fused-ring (bicyclic) bond motifs is 3. The number of carbonyl (C=O) groups excluding carboxylic acids is 1. The van der Waals surface area contributed by atoms with Gasteiger partial charge in [0, 0.05) is 26.2 Å². The Balaban J connectivity index is 1.39. The van der Waals surface area contributed by atoms with E-state index in [1.165, 1.54) is 30.1 Å². The second-order valence-electron chi connectivity index (χ2n) is 8.66. The topological polar surface area (TPSA) is 82.1 Å². The van der Waals surface area contributed by atoms with Crippen molar-refractivity contribution in [2.24, 2.45) is 14.1 Å². The highest BCUT2D eigenvalue weighted by Gasteiger charge is 2.43. The number of hydrogen-bond donors (Lipinski definition) is 0. The van der Waals surface area contributed by atoms with Gasteiger partial charge in [-0.25, -0.2) is 14.2 Å². The molecule has 4 heterocycles. The summed E-state index contributed by atoms with van der Waals surface area (Å²) in [5.74, 6) is 0.0360. The van der Waals surface area contributed by atoms with Gasteiger partial charge in [-0.2, -0.15) is 0 Å². The van der Waals surface area contributed by atoms with Crippen molar-refractivity contribution in [3.8, 4) is 0 Å². The third-order valence-corrected chi connectivity index (χ3v) is 6.89. The van der Waals surface area contributed by atoms with Crippen LogP contribution in [0.3, 0.4) is 0 Å². The molecule has 2 aliphatic rings. The van der Waals surface area contributed by atoms with Gasteiger partial charge in [0.25, 0.3) is 5.56 Å². The minimum absolute atomic E-state index is 0.0121. The zero-order chi connectivity index (χ0) is 21.9. The first-order valence-electron chi connectivity index (χ1n) is 10.5. The summed E-state index contributed by atoms with van der Waals surface area (Å²) >= 11 is 0. The zero-order valence-corrected chi connectivity index (χ0v) is 17.5. The molecule has 2 aromatic heterocycles. The average molecular weight is 425 g/mol. The summed E-state index contributed by atoms with van der Waals surface area (Å²) in [5, 5.41) is 0. The average Bonchev–Trinajstić information content (AvgIpc) is 3.29. The van der Waals surface area contributed by atoms with Gasteiger partial charge in [0.15, 0.2) is 11.2 Å². The van der Waals surface area contributed by atoms with Crippen molar-refractivity contribution >= 4 is 17.1 Å². The number of hydrogen-bond acceptors (Lipinski definition) is 4. The van der Waals surface area contributed by atoms with Crippen LogP contribution in [0, 0.1) is 5.82 Å². The lowest BCUT2D eigenvalue weighted by Gasteiger charge is -2.39. The van der Waals surface area contributed by atoms with Crippen molar-refractivity contribution < 1.29 is 9.18 Å². The molecule has 2 aliphatic heterocycles. The van der Waals surface area contributed by atoms with E-state index >= 15 is 0 Å². The highest BCUT2D eigenvalue weighted by atomic mass is 19.1. The van der Waals surface area contributed by atoms with E-state index in [1.54, 1.807) is 11.6 Å². The summed E-state index contributed by atoms with van der Waals surface area (Å²) in [6, 6.07) is 6.95. The quantitative estimate of drug-likeness (QED) is 0.637. The first-order chi connectivity index (χ1) is 14.8. The van der Waals surface area contributed by atoms with Gasteiger partial charge in [0.1, 0.15) is 12.4 Å². The van der Waals surface area contributed by atoms with E-state index in [1.807, 2.05) is 17.0 Å². The van der Waals surface area contributed by atoms with Crippen LogP contribution in [-0.2, 0) is 25.4 Å². The predicted octanol–water partition coefficient (Wildman–Crippen LogP) is 1.51. The molecule has 0 saturated carbocycles. The maximum atomic E-state index is 13.3. The smallest absolute Gasteiger partial charge is 0.332 e. The Bertz CT molecular complexity index is 1280. The fourth-order valence-electron chi connectivity index (χ4n) is 5.34. The van der Waals surface area contributed by atoms with Gasteiger partial charge in [0.2, 0.25) is 5.91 Å². The Labute approximate surface area is 177 Å². The highest BCUT2D eigenvalue weighted by molar-refractivity contribution is 5.80. The molecule has 0 radical (unpaired) electrons. The van der Waals surface area contributed by atoms with Crippen molar-refractivity contribution in [2.75, 3.05) is 0 Å². The predicted molar refractivity (Wildman–Crippen MR) is 112 cm³/mol. The molecule has 2 atom stereocenters. The maximum Gasteiger partial charge on any atom is 0.332 e.